The molecule has 0 bridgehead atoms. The third-order valence-electron chi connectivity index (χ3n) is 5.13. The van der Waals surface area contributed by atoms with Gasteiger partial charge in [-0.1, -0.05) is 6.07 Å². The van der Waals surface area contributed by atoms with Crippen LogP contribution in [0, 0.1) is 11.3 Å². The van der Waals surface area contributed by atoms with E-state index in [9.17, 15) is 14.9 Å². The van der Waals surface area contributed by atoms with Crippen LogP contribution in [0.5, 0.6) is 0 Å². The Bertz CT molecular complexity index is 982. The first-order chi connectivity index (χ1) is 15.1. The Hall–Kier alpha value is -3.00. The second-order valence-electron chi connectivity index (χ2n) is 7.25. The number of nitrogens with zero attached hydrogens (tertiary/aromatic N) is 3. The van der Waals surface area contributed by atoms with E-state index in [0.717, 1.165) is 16.0 Å². The Morgan fingerprint density at radius 2 is 2.35 bits per heavy atom. The number of carbonyl (C=O) groups excluding carboxylic acids is 2. The standard InChI is InChI=1S/C21H22N4O5S/c22-8-17-16-5-7-25(21(27)29-12-15-11-28-13-30-15)10-18(16)31-20(17)24-19(26)4-3-14-2-1-6-23-9-14/h1-2,6,9,15H,3-5,7,10-13H2,(H,24,26). The molecule has 31 heavy (non-hydrogen) atoms. The third-order valence-corrected chi connectivity index (χ3v) is 6.26. The third kappa shape index (κ3) is 5.19. The number of pyridine rings is 1. The summed E-state index contributed by atoms with van der Waals surface area (Å²) in [5.41, 5.74) is 2.36. The molecule has 1 saturated heterocycles. The zero-order chi connectivity index (χ0) is 21.6. The van der Waals surface area contributed by atoms with Gasteiger partial charge >= 0.3 is 6.09 Å². The summed E-state index contributed by atoms with van der Waals surface area (Å²) < 4.78 is 15.7. The minimum atomic E-state index is -0.421. The summed E-state index contributed by atoms with van der Waals surface area (Å²) in [6.07, 6.45) is 4.18. The number of carbonyl (C=O) groups is 2. The smallest absolute Gasteiger partial charge is 0.410 e. The van der Waals surface area contributed by atoms with Gasteiger partial charge < -0.3 is 24.4 Å². The Morgan fingerprint density at radius 1 is 1.45 bits per heavy atom. The predicted molar refractivity (Wildman–Crippen MR) is 111 cm³/mol. The topological polar surface area (TPSA) is 114 Å². The highest BCUT2D eigenvalue weighted by molar-refractivity contribution is 7.16. The van der Waals surface area contributed by atoms with Crippen molar-refractivity contribution in [1.29, 1.82) is 5.26 Å². The molecule has 2 aliphatic rings. The van der Waals surface area contributed by atoms with E-state index in [0.29, 0.717) is 49.5 Å². The van der Waals surface area contributed by atoms with Gasteiger partial charge in [0.15, 0.2) is 0 Å². The average molecular weight is 442 g/mol. The van der Waals surface area contributed by atoms with Crippen molar-refractivity contribution in [1.82, 2.24) is 9.88 Å². The second kappa shape index (κ2) is 9.87. The van der Waals surface area contributed by atoms with Crippen LogP contribution in [0.15, 0.2) is 24.5 Å². The minimum Gasteiger partial charge on any atom is -0.447 e. The van der Waals surface area contributed by atoms with Gasteiger partial charge in [0.2, 0.25) is 5.91 Å². The molecule has 0 saturated carbocycles. The second-order valence-corrected chi connectivity index (χ2v) is 8.36. The molecular formula is C21H22N4O5S. The fraction of sp³-hybridized carbons (Fsp3) is 0.429. The molecule has 0 radical (unpaired) electrons. The van der Waals surface area contributed by atoms with E-state index < -0.39 is 6.09 Å². The molecule has 162 valence electrons. The number of ether oxygens (including phenoxy) is 3. The molecule has 1 fully saturated rings. The Balaban J connectivity index is 1.35. The summed E-state index contributed by atoms with van der Waals surface area (Å²) >= 11 is 1.34. The van der Waals surface area contributed by atoms with E-state index in [1.54, 1.807) is 17.3 Å². The molecule has 10 heteroatoms. The number of nitrogens with one attached hydrogen (secondary N) is 1. The van der Waals surface area contributed by atoms with Crippen LogP contribution in [-0.2, 0) is 38.4 Å². The van der Waals surface area contributed by atoms with Crippen LogP contribution in [0.3, 0.4) is 0 Å². The largest absolute Gasteiger partial charge is 0.447 e. The molecule has 4 heterocycles. The fourth-order valence-corrected chi connectivity index (χ4v) is 4.71. The summed E-state index contributed by atoms with van der Waals surface area (Å²) in [5, 5.41) is 13.0. The van der Waals surface area contributed by atoms with E-state index in [4.69, 9.17) is 14.2 Å². The zero-order valence-corrected chi connectivity index (χ0v) is 17.7. The number of hydrogen-bond donors (Lipinski definition) is 1. The minimum absolute atomic E-state index is 0.147. The molecular weight excluding hydrogens is 420 g/mol. The number of amides is 2. The van der Waals surface area contributed by atoms with Gasteiger partial charge in [0, 0.05) is 30.2 Å². The maximum absolute atomic E-state index is 12.4. The van der Waals surface area contributed by atoms with Crippen LogP contribution in [0.4, 0.5) is 9.80 Å². The maximum Gasteiger partial charge on any atom is 0.410 e. The first-order valence-corrected chi connectivity index (χ1v) is 10.8. The van der Waals surface area contributed by atoms with Crippen LogP contribution in [0.25, 0.3) is 0 Å². The number of rotatable bonds is 6. The molecule has 2 aliphatic heterocycles. The molecule has 1 unspecified atom stereocenters. The normalized spacial score (nSPS) is 17.6. The highest BCUT2D eigenvalue weighted by atomic mass is 32.1. The number of aromatic nitrogens is 1. The lowest BCUT2D eigenvalue weighted by molar-refractivity contribution is -0.116. The highest BCUT2D eigenvalue weighted by Crippen LogP contribution is 2.37. The monoisotopic (exact) mass is 442 g/mol. The van der Waals surface area contributed by atoms with Crippen LogP contribution in [-0.4, -0.2) is 54.5 Å². The summed E-state index contributed by atoms with van der Waals surface area (Å²) in [5.74, 6) is -0.158. The summed E-state index contributed by atoms with van der Waals surface area (Å²) in [4.78, 5) is 31.3. The molecule has 0 aliphatic carbocycles. The first kappa shape index (κ1) is 21.2. The number of hydrogen-bond acceptors (Lipinski definition) is 8. The molecule has 9 nitrogen and oxygen atoms in total. The van der Waals surface area contributed by atoms with Gasteiger partial charge in [-0.05, 0) is 30.0 Å². The van der Waals surface area contributed by atoms with Gasteiger partial charge in [-0.3, -0.25) is 9.78 Å². The Kier molecular flexibility index (Phi) is 6.76. The van der Waals surface area contributed by atoms with Crippen LogP contribution in [0.2, 0.25) is 0 Å². The zero-order valence-electron chi connectivity index (χ0n) is 16.8. The van der Waals surface area contributed by atoms with Crippen molar-refractivity contribution in [3.05, 3.63) is 46.1 Å². The van der Waals surface area contributed by atoms with Crippen molar-refractivity contribution in [3.63, 3.8) is 0 Å². The van der Waals surface area contributed by atoms with E-state index in [-0.39, 0.29) is 25.4 Å². The SMILES string of the molecule is N#Cc1c(NC(=O)CCc2cccnc2)sc2c1CCN(C(=O)OCC1COCO1)C2. The molecule has 0 aromatic carbocycles. The Morgan fingerprint density at radius 3 is 3.10 bits per heavy atom. The Labute approximate surface area is 183 Å². The van der Waals surface area contributed by atoms with Gasteiger partial charge in [-0.25, -0.2) is 4.79 Å². The molecule has 4 rings (SSSR count). The van der Waals surface area contributed by atoms with Gasteiger partial charge in [-0.2, -0.15) is 5.26 Å². The van der Waals surface area contributed by atoms with Crippen molar-refractivity contribution in [2.75, 3.05) is 31.9 Å². The van der Waals surface area contributed by atoms with Gasteiger partial charge in [0.25, 0.3) is 0 Å². The van der Waals surface area contributed by atoms with Gasteiger partial charge in [0.1, 0.15) is 30.6 Å². The molecule has 2 aromatic rings. The van der Waals surface area contributed by atoms with Gasteiger partial charge in [-0.15, -0.1) is 11.3 Å². The summed E-state index contributed by atoms with van der Waals surface area (Å²) in [6, 6.07) is 5.96. The fourth-order valence-electron chi connectivity index (χ4n) is 3.48. The van der Waals surface area contributed by atoms with Crippen molar-refractivity contribution >= 4 is 28.3 Å². The highest BCUT2D eigenvalue weighted by Gasteiger charge is 2.29. The summed E-state index contributed by atoms with van der Waals surface area (Å²) in [6.45, 7) is 1.58. The van der Waals surface area contributed by atoms with Gasteiger partial charge in [0.05, 0.1) is 18.7 Å². The van der Waals surface area contributed by atoms with Crippen LogP contribution in [0.1, 0.15) is 28.0 Å². The number of nitriles is 1. The van der Waals surface area contributed by atoms with Crippen molar-refractivity contribution < 1.29 is 23.8 Å². The number of fused-ring (bicyclic) bond motifs is 1. The van der Waals surface area contributed by atoms with E-state index in [2.05, 4.69) is 16.4 Å². The number of thiophene rings is 1. The molecule has 0 spiro atoms. The molecule has 2 aromatic heterocycles. The summed E-state index contributed by atoms with van der Waals surface area (Å²) in [7, 11) is 0. The predicted octanol–water partition coefficient (Wildman–Crippen LogP) is 2.45. The lowest BCUT2D eigenvalue weighted by atomic mass is 10.0. The van der Waals surface area contributed by atoms with E-state index in [1.807, 2.05) is 12.1 Å². The van der Waals surface area contributed by atoms with Crippen molar-refractivity contribution in [2.24, 2.45) is 0 Å². The average Bonchev–Trinajstić information content (AvgIpc) is 3.43. The first-order valence-electron chi connectivity index (χ1n) is 9.98. The number of anilines is 1. The molecule has 2 amide bonds. The molecule has 1 atom stereocenters. The number of aryl methyl sites for hydroxylation is 1. The quantitative estimate of drug-likeness (QED) is 0.731. The van der Waals surface area contributed by atoms with E-state index in [1.165, 1.54) is 11.3 Å². The van der Waals surface area contributed by atoms with Crippen molar-refractivity contribution in [2.45, 2.75) is 31.9 Å². The lowest BCUT2D eigenvalue weighted by Gasteiger charge is -2.26. The lowest BCUT2D eigenvalue weighted by Crippen LogP contribution is -2.37. The van der Waals surface area contributed by atoms with Crippen molar-refractivity contribution in [3.8, 4) is 6.07 Å². The van der Waals surface area contributed by atoms with Crippen LogP contribution >= 0.6 is 11.3 Å². The molecule has 1 N–H and O–H groups in total. The van der Waals surface area contributed by atoms with Crippen LogP contribution < -0.4 is 5.32 Å². The maximum atomic E-state index is 12.4. The van der Waals surface area contributed by atoms with E-state index >= 15 is 0 Å².